The summed E-state index contributed by atoms with van der Waals surface area (Å²) in [6, 6.07) is 22.6. The number of aryl methyl sites for hydroxylation is 1. The van der Waals surface area contributed by atoms with Gasteiger partial charge in [-0.05, 0) is 66.6 Å². The van der Waals surface area contributed by atoms with Crippen LogP contribution in [0.3, 0.4) is 0 Å². The van der Waals surface area contributed by atoms with E-state index in [0.29, 0.717) is 28.4 Å². The van der Waals surface area contributed by atoms with Crippen molar-refractivity contribution in [3.8, 4) is 11.4 Å². The van der Waals surface area contributed by atoms with Crippen molar-refractivity contribution in [2.24, 2.45) is 0 Å². The molecule has 3 aromatic carbocycles. The third kappa shape index (κ3) is 6.16. The first kappa shape index (κ1) is 24.3. The number of hydrogen-bond donors (Lipinski definition) is 0. The van der Waals surface area contributed by atoms with Gasteiger partial charge in [0.15, 0.2) is 5.16 Å². The fourth-order valence-corrected chi connectivity index (χ4v) is 4.87. The highest BCUT2D eigenvalue weighted by Crippen LogP contribution is 2.36. The Kier molecular flexibility index (Phi) is 7.87. The van der Waals surface area contributed by atoms with Gasteiger partial charge in [-0.1, -0.05) is 63.6 Å². The molecule has 7 nitrogen and oxygen atoms in total. The maximum atomic E-state index is 11.4. The third-order valence-corrected chi connectivity index (χ3v) is 6.97. The van der Waals surface area contributed by atoms with Gasteiger partial charge in [0.25, 0.3) is 0 Å². The lowest BCUT2D eigenvalue weighted by molar-refractivity contribution is -0.479. The van der Waals surface area contributed by atoms with E-state index in [1.807, 2.05) is 72.2 Å². The van der Waals surface area contributed by atoms with E-state index in [0.717, 1.165) is 21.3 Å². The Labute approximate surface area is 214 Å². The van der Waals surface area contributed by atoms with Crippen molar-refractivity contribution in [3.05, 3.63) is 109 Å². The zero-order valence-electron chi connectivity index (χ0n) is 18.1. The zero-order valence-corrected chi connectivity index (χ0v) is 21.3. The summed E-state index contributed by atoms with van der Waals surface area (Å²) in [6.45, 7) is 2.02. The molecule has 1 heterocycles. The Morgan fingerprint density at radius 3 is 2.38 bits per heavy atom. The maximum Gasteiger partial charge on any atom is 0.220 e. The van der Waals surface area contributed by atoms with Crippen molar-refractivity contribution >= 4 is 39.3 Å². The van der Waals surface area contributed by atoms with E-state index < -0.39 is 5.25 Å². The van der Waals surface area contributed by atoms with Crippen LogP contribution in [0, 0.1) is 17.0 Å². The van der Waals surface area contributed by atoms with E-state index in [1.54, 1.807) is 12.1 Å². The Hall–Kier alpha value is -2.88. The predicted molar refractivity (Wildman–Crippen MR) is 136 cm³/mol. The van der Waals surface area contributed by atoms with E-state index >= 15 is 0 Å². The number of nitro groups is 1. The second-order valence-electron chi connectivity index (χ2n) is 7.45. The van der Waals surface area contributed by atoms with Crippen LogP contribution in [0.2, 0.25) is 5.02 Å². The summed E-state index contributed by atoms with van der Waals surface area (Å²) in [5, 5.41) is 20.6. The Morgan fingerprint density at radius 1 is 1.06 bits per heavy atom. The summed E-state index contributed by atoms with van der Waals surface area (Å²) in [7, 11) is 0. The number of ether oxygens (including phenoxy) is 1. The number of aromatic nitrogens is 3. The molecule has 1 aromatic heterocycles. The molecule has 0 aliphatic rings. The molecule has 0 amide bonds. The van der Waals surface area contributed by atoms with Crippen LogP contribution in [0.1, 0.15) is 22.2 Å². The molecule has 0 aliphatic carbocycles. The van der Waals surface area contributed by atoms with Crippen LogP contribution >= 0.6 is 39.3 Å². The van der Waals surface area contributed by atoms with E-state index in [2.05, 4.69) is 26.1 Å². The van der Waals surface area contributed by atoms with Gasteiger partial charge in [-0.2, -0.15) is 0 Å². The molecule has 0 fully saturated rings. The fraction of sp³-hybridized carbons (Fsp3) is 0.167. The molecule has 0 saturated heterocycles. The Balaban J connectivity index is 1.52. The molecule has 0 bridgehead atoms. The maximum absolute atomic E-state index is 11.4. The number of hydrogen-bond acceptors (Lipinski definition) is 6. The van der Waals surface area contributed by atoms with Crippen molar-refractivity contribution in [1.29, 1.82) is 0 Å². The summed E-state index contributed by atoms with van der Waals surface area (Å²) in [5.41, 5.74) is 2.69. The minimum atomic E-state index is -0.454. The molecule has 4 rings (SSSR count). The highest BCUT2D eigenvalue weighted by Gasteiger charge is 2.24. The molecule has 34 heavy (non-hydrogen) atoms. The topological polar surface area (TPSA) is 83.1 Å². The molecule has 0 N–H and O–H groups in total. The largest absolute Gasteiger partial charge is 0.489 e. The predicted octanol–water partition coefficient (Wildman–Crippen LogP) is 6.68. The van der Waals surface area contributed by atoms with Crippen molar-refractivity contribution in [1.82, 2.24) is 14.8 Å². The summed E-state index contributed by atoms with van der Waals surface area (Å²) in [4.78, 5) is 11.1. The average molecular weight is 560 g/mol. The quantitative estimate of drug-likeness (QED) is 0.129. The van der Waals surface area contributed by atoms with Crippen molar-refractivity contribution in [2.45, 2.75) is 23.9 Å². The normalized spacial score (nSPS) is 11.9. The van der Waals surface area contributed by atoms with Crippen molar-refractivity contribution < 1.29 is 9.66 Å². The molecule has 174 valence electrons. The number of benzene rings is 3. The SMILES string of the molecule is Cc1nnc(S[C@@H](C[N+](=O)[O-])c2ccc(OCc3ccc(Br)cc3)cc2)n1-c1ccc(Cl)cc1. The molecule has 1 atom stereocenters. The highest BCUT2D eigenvalue weighted by molar-refractivity contribution is 9.10. The molecule has 4 aromatic rings. The van der Waals surface area contributed by atoms with Gasteiger partial charge in [-0.25, -0.2) is 0 Å². The Bertz CT molecular complexity index is 1270. The molecule has 10 heteroatoms. The lowest BCUT2D eigenvalue weighted by Crippen LogP contribution is -2.11. The summed E-state index contributed by atoms with van der Waals surface area (Å²) < 4.78 is 8.74. The van der Waals surface area contributed by atoms with E-state index in [1.165, 1.54) is 11.8 Å². The molecule has 0 aliphatic heterocycles. The van der Waals surface area contributed by atoms with E-state index in [4.69, 9.17) is 16.3 Å². The fourth-order valence-electron chi connectivity index (χ4n) is 3.31. The van der Waals surface area contributed by atoms with Gasteiger partial charge in [0.05, 0.1) is 0 Å². The van der Waals surface area contributed by atoms with Gasteiger partial charge in [0.1, 0.15) is 23.4 Å². The molecule has 0 saturated carbocycles. The number of rotatable bonds is 9. The molecule has 0 spiro atoms. The van der Waals surface area contributed by atoms with E-state index in [9.17, 15) is 10.1 Å². The van der Waals surface area contributed by atoms with E-state index in [-0.39, 0.29) is 11.5 Å². The van der Waals surface area contributed by atoms with Crippen molar-refractivity contribution in [3.63, 3.8) is 0 Å². The second kappa shape index (κ2) is 11.0. The lowest BCUT2D eigenvalue weighted by atomic mass is 10.1. The summed E-state index contributed by atoms with van der Waals surface area (Å²) in [5.74, 6) is 1.37. The smallest absolute Gasteiger partial charge is 0.220 e. The van der Waals surface area contributed by atoms with Gasteiger partial charge < -0.3 is 4.74 Å². The van der Waals surface area contributed by atoms with Crippen LogP contribution in [-0.4, -0.2) is 26.2 Å². The standard InChI is InChI=1S/C24H20BrClN4O3S/c1-16-27-28-24(30(16)21-10-8-20(26)9-11-21)34-23(14-29(31)32)18-4-12-22(13-5-18)33-15-17-2-6-19(25)7-3-17/h2-13,23H,14-15H2,1H3/t23-/m0/s1. The number of halogens is 2. The lowest BCUT2D eigenvalue weighted by Gasteiger charge is -2.15. The van der Waals surface area contributed by atoms with Crippen LogP contribution < -0.4 is 4.74 Å². The third-order valence-electron chi connectivity index (χ3n) is 5.01. The van der Waals surface area contributed by atoms with Crippen LogP contribution in [0.4, 0.5) is 0 Å². The van der Waals surface area contributed by atoms with Crippen LogP contribution in [0.25, 0.3) is 5.69 Å². The van der Waals surface area contributed by atoms with Gasteiger partial charge in [0.2, 0.25) is 6.54 Å². The highest BCUT2D eigenvalue weighted by atomic mass is 79.9. The summed E-state index contributed by atoms with van der Waals surface area (Å²) in [6.07, 6.45) is 0. The Morgan fingerprint density at radius 2 is 1.74 bits per heavy atom. The minimum Gasteiger partial charge on any atom is -0.489 e. The van der Waals surface area contributed by atoms with Gasteiger partial charge in [-0.3, -0.25) is 14.7 Å². The molecular formula is C24H20BrClN4O3S. The molecule has 0 radical (unpaired) electrons. The van der Waals surface area contributed by atoms with Crippen molar-refractivity contribution in [2.75, 3.05) is 6.54 Å². The first-order valence-corrected chi connectivity index (χ1v) is 12.4. The zero-order chi connectivity index (χ0) is 24.1. The van der Waals surface area contributed by atoms with Gasteiger partial charge in [0, 0.05) is 20.1 Å². The van der Waals surface area contributed by atoms with Crippen LogP contribution in [-0.2, 0) is 6.61 Å². The van der Waals surface area contributed by atoms with Crippen LogP contribution in [0.5, 0.6) is 5.75 Å². The first-order valence-electron chi connectivity index (χ1n) is 10.3. The first-order chi connectivity index (χ1) is 16.4. The monoisotopic (exact) mass is 558 g/mol. The molecule has 0 unspecified atom stereocenters. The van der Waals surface area contributed by atoms with Gasteiger partial charge in [-0.15, -0.1) is 10.2 Å². The average Bonchev–Trinajstić information content (AvgIpc) is 3.19. The summed E-state index contributed by atoms with van der Waals surface area (Å²) >= 11 is 10.7. The molecular weight excluding hydrogens is 540 g/mol. The number of thioether (sulfide) groups is 1. The van der Waals surface area contributed by atoms with Gasteiger partial charge >= 0.3 is 0 Å². The number of nitrogens with zero attached hydrogens (tertiary/aromatic N) is 4. The minimum absolute atomic E-state index is 0.254. The second-order valence-corrected chi connectivity index (χ2v) is 9.97. The van der Waals surface area contributed by atoms with Crippen LogP contribution in [0.15, 0.2) is 82.4 Å².